The lowest BCUT2D eigenvalue weighted by Gasteiger charge is -2.35. The summed E-state index contributed by atoms with van der Waals surface area (Å²) in [6, 6.07) is 8.78. The van der Waals surface area contributed by atoms with Crippen LogP contribution in [0.5, 0.6) is 5.75 Å². The zero-order valence-corrected chi connectivity index (χ0v) is 19.1. The van der Waals surface area contributed by atoms with Crippen LogP contribution in [0.2, 0.25) is 0 Å². The number of benzene rings is 1. The number of guanidine groups is 1. The smallest absolute Gasteiger partial charge is 0.243 e. The molecule has 7 nitrogen and oxygen atoms in total. The van der Waals surface area contributed by atoms with E-state index in [2.05, 4.69) is 39.6 Å². The minimum Gasteiger partial charge on any atom is -0.497 e. The first kappa shape index (κ1) is 24.0. The van der Waals surface area contributed by atoms with Crippen LogP contribution in [0, 0.1) is 0 Å². The molecule has 7 heteroatoms. The van der Waals surface area contributed by atoms with E-state index in [4.69, 9.17) is 4.74 Å². The minimum atomic E-state index is -0.00617. The lowest BCUT2D eigenvalue weighted by atomic mass is 10.0. The molecule has 1 fully saturated rings. The highest BCUT2D eigenvalue weighted by atomic mass is 16.5. The van der Waals surface area contributed by atoms with Crippen LogP contribution in [0.15, 0.2) is 29.3 Å². The van der Waals surface area contributed by atoms with Crippen molar-refractivity contribution in [3.63, 3.8) is 0 Å². The predicted molar refractivity (Wildman–Crippen MR) is 123 cm³/mol. The van der Waals surface area contributed by atoms with Crippen molar-refractivity contribution in [3.8, 4) is 5.75 Å². The number of carbonyl (C=O) groups excluding carboxylic acids is 1. The molecule has 0 bridgehead atoms. The molecule has 0 spiro atoms. The molecular formula is C23H39N5O2. The summed E-state index contributed by atoms with van der Waals surface area (Å²) in [7, 11) is 5.18. The van der Waals surface area contributed by atoms with Crippen molar-refractivity contribution in [1.82, 2.24) is 20.4 Å². The van der Waals surface area contributed by atoms with Gasteiger partial charge in [0, 0.05) is 39.8 Å². The standard InChI is InChI=1S/C23H39N5O2/c1-5-20-8-6-7-16-28(20)17-15-25-23(26-18-22(29)27(2)3)24-14-13-19-9-11-21(30-4)12-10-19/h9-12,20H,5-8,13-18H2,1-4H3,(H2,24,25,26). The fourth-order valence-electron chi connectivity index (χ4n) is 3.71. The highest BCUT2D eigenvalue weighted by Crippen LogP contribution is 2.18. The van der Waals surface area contributed by atoms with Gasteiger partial charge in [-0.05, 0) is 49.9 Å². The predicted octanol–water partition coefficient (Wildman–Crippen LogP) is 2.13. The third kappa shape index (κ3) is 8.22. The third-order valence-electron chi connectivity index (χ3n) is 5.65. The van der Waals surface area contributed by atoms with E-state index in [0.717, 1.165) is 31.8 Å². The van der Waals surface area contributed by atoms with E-state index >= 15 is 0 Å². The molecule has 1 aromatic carbocycles. The zero-order chi connectivity index (χ0) is 21.8. The van der Waals surface area contributed by atoms with E-state index in [1.54, 1.807) is 26.1 Å². The van der Waals surface area contributed by atoms with Crippen molar-refractivity contribution >= 4 is 11.9 Å². The van der Waals surface area contributed by atoms with Crippen LogP contribution in [-0.4, -0.2) is 81.6 Å². The van der Waals surface area contributed by atoms with Crippen LogP contribution in [-0.2, 0) is 11.2 Å². The van der Waals surface area contributed by atoms with Gasteiger partial charge in [-0.3, -0.25) is 9.69 Å². The highest BCUT2D eigenvalue weighted by molar-refractivity contribution is 5.84. The largest absolute Gasteiger partial charge is 0.497 e. The van der Waals surface area contributed by atoms with Gasteiger partial charge < -0.3 is 20.3 Å². The van der Waals surface area contributed by atoms with Crippen molar-refractivity contribution in [2.24, 2.45) is 4.99 Å². The minimum absolute atomic E-state index is 0.00617. The summed E-state index contributed by atoms with van der Waals surface area (Å²) in [5.74, 6) is 1.55. The number of amides is 1. The Morgan fingerprint density at radius 1 is 1.20 bits per heavy atom. The molecule has 1 saturated heterocycles. The number of nitrogens with one attached hydrogen (secondary N) is 2. The zero-order valence-electron chi connectivity index (χ0n) is 19.1. The first-order valence-electron chi connectivity index (χ1n) is 11.1. The van der Waals surface area contributed by atoms with Crippen molar-refractivity contribution in [2.45, 2.75) is 45.1 Å². The average Bonchev–Trinajstić information content (AvgIpc) is 2.77. The molecule has 1 heterocycles. The number of methoxy groups -OCH3 is 1. The van der Waals surface area contributed by atoms with Gasteiger partial charge in [-0.1, -0.05) is 25.5 Å². The fraction of sp³-hybridized carbons (Fsp3) is 0.652. The van der Waals surface area contributed by atoms with Crippen LogP contribution in [0.1, 0.15) is 38.2 Å². The Kier molecular flexibility index (Phi) is 10.5. The van der Waals surface area contributed by atoms with E-state index in [1.165, 1.54) is 37.8 Å². The highest BCUT2D eigenvalue weighted by Gasteiger charge is 2.20. The number of likely N-dealkylation sites (N-methyl/N-ethyl adjacent to an activating group) is 1. The van der Waals surface area contributed by atoms with Gasteiger partial charge in [0.15, 0.2) is 5.96 Å². The molecular weight excluding hydrogens is 378 g/mol. The number of piperidine rings is 1. The lowest BCUT2D eigenvalue weighted by Crippen LogP contribution is -2.46. The molecule has 0 radical (unpaired) electrons. The molecule has 30 heavy (non-hydrogen) atoms. The molecule has 1 amide bonds. The van der Waals surface area contributed by atoms with E-state index < -0.39 is 0 Å². The third-order valence-corrected chi connectivity index (χ3v) is 5.65. The van der Waals surface area contributed by atoms with Gasteiger partial charge in [0.05, 0.1) is 7.11 Å². The van der Waals surface area contributed by atoms with Crippen LogP contribution < -0.4 is 15.4 Å². The van der Waals surface area contributed by atoms with Gasteiger partial charge in [0.1, 0.15) is 12.3 Å². The Balaban J connectivity index is 1.85. The van der Waals surface area contributed by atoms with Crippen molar-refractivity contribution in [1.29, 1.82) is 0 Å². The van der Waals surface area contributed by atoms with Crippen molar-refractivity contribution < 1.29 is 9.53 Å². The molecule has 1 unspecified atom stereocenters. The molecule has 2 N–H and O–H groups in total. The average molecular weight is 418 g/mol. The lowest BCUT2D eigenvalue weighted by molar-refractivity contribution is -0.127. The summed E-state index contributed by atoms with van der Waals surface area (Å²) >= 11 is 0. The second-order valence-corrected chi connectivity index (χ2v) is 8.00. The van der Waals surface area contributed by atoms with E-state index in [9.17, 15) is 4.79 Å². The number of hydrogen-bond acceptors (Lipinski definition) is 4. The van der Waals surface area contributed by atoms with Gasteiger partial charge in [-0.15, -0.1) is 0 Å². The number of ether oxygens (including phenoxy) is 1. The second kappa shape index (κ2) is 13.1. The fourth-order valence-corrected chi connectivity index (χ4v) is 3.71. The number of rotatable bonds is 10. The summed E-state index contributed by atoms with van der Waals surface area (Å²) < 4.78 is 5.21. The number of carbonyl (C=O) groups is 1. The Labute approximate surface area is 181 Å². The van der Waals surface area contributed by atoms with Gasteiger partial charge in [-0.2, -0.15) is 0 Å². The maximum atomic E-state index is 11.9. The van der Waals surface area contributed by atoms with Gasteiger partial charge in [-0.25, -0.2) is 4.99 Å². The summed E-state index contributed by atoms with van der Waals surface area (Å²) in [5, 5.41) is 6.79. The molecule has 1 atom stereocenters. The maximum absolute atomic E-state index is 11.9. The molecule has 0 aliphatic carbocycles. The summed E-state index contributed by atoms with van der Waals surface area (Å²) in [4.78, 5) is 20.6. The summed E-state index contributed by atoms with van der Waals surface area (Å²) in [6.07, 6.45) is 6.01. The van der Waals surface area contributed by atoms with Gasteiger partial charge >= 0.3 is 0 Å². The van der Waals surface area contributed by atoms with Crippen LogP contribution in [0.3, 0.4) is 0 Å². The van der Waals surface area contributed by atoms with E-state index in [0.29, 0.717) is 12.0 Å². The van der Waals surface area contributed by atoms with Crippen LogP contribution >= 0.6 is 0 Å². The van der Waals surface area contributed by atoms with Crippen molar-refractivity contribution in [2.75, 3.05) is 53.9 Å². The molecule has 1 aromatic rings. The Morgan fingerprint density at radius 3 is 2.60 bits per heavy atom. The van der Waals surface area contributed by atoms with E-state index in [1.807, 2.05) is 12.1 Å². The Hall–Kier alpha value is -2.28. The topological polar surface area (TPSA) is 69.2 Å². The molecule has 2 rings (SSSR count). The maximum Gasteiger partial charge on any atom is 0.243 e. The number of aliphatic imine (C=N–C) groups is 1. The summed E-state index contributed by atoms with van der Waals surface area (Å²) in [6.45, 7) is 6.16. The molecule has 0 saturated carbocycles. The quantitative estimate of drug-likeness (QED) is 0.451. The second-order valence-electron chi connectivity index (χ2n) is 8.00. The SMILES string of the molecule is CCC1CCCCN1CCNC(=NCC(=O)N(C)C)NCCc1ccc(OC)cc1. The van der Waals surface area contributed by atoms with E-state index in [-0.39, 0.29) is 12.5 Å². The number of likely N-dealkylation sites (tertiary alicyclic amines) is 1. The van der Waals surface area contributed by atoms with Gasteiger partial charge in [0.2, 0.25) is 5.91 Å². The molecule has 168 valence electrons. The monoisotopic (exact) mass is 417 g/mol. The Morgan fingerprint density at radius 2 is 1.93 bits per heavy atom. The van der Waals surface area contributed by atoms with Crippen LogP contribution in [0.25, 0.3) is 0 Å². The first-order valence-corrected chi connectivity index (χ1v) is 11.1. The number of nitrogens with zero attached hydrogens (tertiary/aromatic N) is 3. The van der Waals surface area contributed by atoms with Crippen molar-refractivity contribution in [3.05, 3.63) is 29.8 Å². The van der Waals surface area contributed by atoms with Crippen LogP contribution in [0.4, 0.5) is 0 Å². The molecule has 0 aromatic heterocycles. The first-order chi connectivity index (χ1) is 14.5. The molecule has 1 aliphatic heterocycles. The normalized spacial score (nSPS) is 17.5. The number of hydrogen-bond donors (Lipinski definition) is 2. The molecule has 1 aliphatic rings. The summed E-state index contributed by atoms with van der Waals surface area (Å²) in [5.41, 5.74) is 1.23. The Bertz CT molecular complexity index is 660. The van der Waals surface area contributed by atoms with Gasteiger partial charge in [0.25, 0.3) is 0 Å².